The number of benzene rings is 2. The van der Waals surface area contributed by atoms with Gasteiger partial charge in [0.2, 0.25) is 11.8 Å². The molecule has 1 aliphatic rings. The molecular formula is C35H39FN8O6. The first-order chi connectivity index (χ1) is 24.2. The van der Waals surface area contributed by atoms with Gasteiger partial charge >= 0.3 is 0 Å². The summed E-state index contributed by atoms with van der Waals surface area (Å²) in [5, 5.41) is 18.6. The minimum atomic E-state index is -0.914. The molecule has 50 heavy (non-hydrogen) atoms. The van der Waals surface area contributed by atoms with Crippen molar-refractivity contribution >= 4 is 35.8 Å². The van der Waals surface area contributed by atoms with Crippen LogP contribution in [-0.2, 0) is 20.8 Å². The molecule has 0 saturated carbocycles. The number of imidazole rings is 1. The summed E-state index contributed by atoms with van der Waals surface area (Å²) in [5.74, 6) is -1.45. The first kappa shape index (κ1) is 36.7. The number of pyridine rings is 1. The zero-order valence-corrected chi connectivity index (χ0v) is 27.4. The third-order valence-electron chi connectivity index (χ3n) is 7.68. The van der Waals surface area contributed by atoms with Crippen molar-refractivity contribution in [2.24, 2.45) is 0 Å². The Kier molecular flexibility index (Phi) is 13.5. The van der Waals surface area contributed by atoms with Crippen molar-refractivity contribution in [1.82, 2.24) is 35.8 Å². The Morgan fingerprint density at radius 2 is 1.70 bits per heavy atom. The second-order valence-electron chi connectivity index (χ2n) is 11.3. The Hall–Kier alpha value is -6.12. The summed E-state index contributed by atoms with van der Waals surface area (Å²) >= 11 is 0. The molecule has 2 bridgehead atoms. The number of carboxylic acid groups (broad SMARTS) is 1. The molecular weight excluding hydrogens is 647 g/mol. The highest BCUT2D eigenvalue weighted by molar-refractivity contribution is 5.97. The third-order valence-corrected chi connectivity index (χ3v) is 7.68. The summed E-state index contributed by atoms with van der Waals surface area (Å²) in [4.78, 5) is 74.7. The molecule has 0 unspecified atom stereocenters. The van der Waals surface area contributed by atoms with Crippen molar-refractivity contribution in [3.8, 4) is 11.4 Å². The van der Waals surface area contributed by atoms with Crippen molar-refractivity contribution in [2.45, 2.75) is 32.2 Å². The zero-order valence-electron chi connectivity index (χ0n) is 27.4. The summed E-state index contributed by atoms with van der Waals surface area (Å²) in [5.41, 5.74) is 2.97. The molecule has 6 N–H and O–H groups in total. The predicted octanol–water partition coefficient (Wildman–Crippen LogP) is 2.54. The first-order valence-corrected chi connectivity index (χ1v) is 16.0. The SMILES string of the molecule is Cc1[nH]c(-c2ccc(F)cc2)nc1C(=O)N1CCCC(=O)NCCNc2ccnc(c2)C(=O)N[C@@H](Cc2ccccc2)C(=O)NCC1.O=CO. The number of halogens is 1. The highest BCUT2D eigenvalue weighted by Gasteiger charge is 2.25. The van der Waals surface area contributed by atoms with Gasteiger partial charge in [-0.1, -0.05) is 30.3 Å². The normalized spacial score (nSPS) is 16.1. The van der Waals surface area contributed by atoms with Crippen LogP contribution >= 0.6 is 0 Å². The number of nitrogens with one attached hydrogen (secondary N) is 5. The van der Waals surface area contributed by atoms with E-state index in [1.165, 1.54) is 18.3 Å². The Balaban J connectivity index is 0.00000181. The fourth-order valence-corrected chi connectivity index (χ4v) is 5.20. The lowest BCUT2D eigenvalue weighted by atomic mass is 10.0. The summed E-state index contributed by atoms with van der Waals surface area (Å²) in [6.07, 6.45) is 2.31. The van der Waals surface area contributed by atoms with Gasteiger partial charge in [-0.05, 0) is 55.3 Å². The van der Waals surface area contributed by atoms with Crippen LogP contribution in [0, 0.1) is 12.7 Å². The third kappa shape index (κ3) is 10.7. The van der Waals surface area contributed by atoms with Crippen LogP contribution in [0.1, 0.15) is 45.1 Å². The molecule has 4 amide bonds. The minimum absolute atomic E-state index is 0.0872. The highest BCUT2D eigenvalue weighted by Crippen LogP contribution is 2.20. The molecule has 2 aromatic heterocycles. The van der Waals surface area contributed by atoms with Crippen molar-refractivity contribution < 1.29 is 33.5 Å². The van der Waals surface area contributed by atoms with Gasteiger partial charge in [-0.25, -0.2) is 9.37 Å². The van der Waals surface area contributed by atoms with Gasteiger partial charge in [-0.15, -0.1) is 0 Å². The van der Waals surface area contributed by atoms with Crippen LogP contribution in [0.5, 0.6) is 0 Å². The number of aromatic amines is 1. The summed E-state index contributed by atoms with van der Waals surface area (Å²) in [6.45, 7) is 2.69. The first-order valence-electron chi connectivity index (χ1n) is 16.0. The lowest BCUT2D eigenvalue weighted by Gasteiger charge is -2.24. The van der Waals surface area contributed by atoms with Gasteiger partial charge in [0.15, 0.2) is 0 Å². The van der Waals surface area contributed by atoms with Gasteiger partial charge in [-0.2, -0.15) is 0 Å². The maximum Gasteiger partial charge on any atom is 0.290 e. The quantitative estimate of drug-likeness (QED) is 0.175. The molecule has 14 nitrogen and oxygen atoms in total. The zero-order chi connectivity index (χ0) is 35.9. The fraction of sp³-hybridized carbons (Fsp3) is 0.286. The van der Waals surface area contributed by atoms with E-state index in [-0.39, 0.29) is 68.0 Å². The monoisotopic (exact) mass is 686 g/mol. The summed E-state index contributed by atoms with van der Waals surface area (Å²) in [6, 6.07) is 17.5. The molecule has 2 aromatic carbocycles. The number of amides is 4. The fourth-order valence-electron chi connectivity index (χ4n) is 5.20. The Bertz CT molecular complexity index is 1770. The van der Waals surface area contributed by atoms with Crippen LogP contribution < -0.4 is 21.3 Å². The predicted molar refractivity (Wildman–Crippen MR) is 183 cm³/mol. The molecule has 0 spiro atoms. The van der Waals surface area contributed by atoms with Crippen LogP contribution in [-0.4, -0.2) is 93.8 Å². The lowest BCUT2D eigenvalue weighted by Crippen LogP contribution is -2.50. The largest absolute Gasteiger partial charge is 0.483 e. The standard InChI is InChI=1S/C34H37FN8O4.CH2O2/c1-22-30(42-31(40-22)24-9-11-25(35)12-10-24)34(47)43-18-5-8-29(44)38-16-15-36-26-13-14-37-27(21-26)33(46)41-28(32(45)39-17-19-43)20-23-6-3-2-4-7-23;2-1-3/h2-4,6-7,9-14,21,28,36H,5,8,15-20H2,1H3,(H,38,44)(H,39,45)(H,40,42)(H,41,46);1H,(H,2,3)/t28-;/m0./s1. The van der Waals surface area contributed by atoms with Crippen LogP contribution in [0.2, 0.25) is 0 Å². The highest BCUT2D eigenvalue weighted by atomic mass is 19.1. The number of fused-ring (bicyclic) bond motifs is 2. The summed E-state index contributed by atoms with van der Waals surface area (Å²) < 4.78 is 13.5. The van der Waals surface area contributed by atoms with Crippen molar-refractivity contribution in [2.75, 3.05) is 38.0 Å². The second kappa shape index (κ2) is 18.4. The van der Waals surface area contributed by atoms with E-state index in [4.69, 9.17) is 9.90 Å². The van der Waals surface area contributed by atoms with Gasteiger partial charge in [-0.3, -0.25) is 29.0 Å². The van der Waals surface area contributed by atoms with Gasteiger partial charge < -0.3 is 36.3 Å². The Labute approximate surface area is 287 Å². The van der Waals surface area contributed by atoms with Crippen molar-refractivity contribution in [3.63, 3.8) is 0 Å². The molecule has 3 heterocycles. The van der Waals surface area contributed by atoms with Crippen LogP contribution in [0.15, 0.2) is 72.9 Å². The van der Waals surface area contributed by atoms with Crippen molar-refractivity contribution in [1.29, 1.82) is 0 Å². The average molecular weight is 687 g/mol. The molecule has 0 radical (unpaired) electrons. The second-order valence-corrected chi connectivity index (χ2v) is 11.3. The van der Waals surface area contributed by atoms with Gasteiger partial charge in [0, 0.05) is 68.7 Å². The number of hydrogen-bond donors (Lipinski definition) is 6. The number of carbonyl (C=O) groups is 5. The van der Waals surface area contributed by atoms with E-state index < -0.39 is 17.9 Å². The number of hydrogen-bond acceptors (Lipinski definition) is 8. The molecule has 15 heteroatoms. The van der Waals surface area contributed by atoms with Gasteiger partial charge in [0.05, 0.1) is 0 Å². The van der Waals surface area contributed by atoms with E-state index >= 15 is 0 Å². The van der Waals surface area contributed by atoms with Crippen LogP contribution in [0.3, 0.4) is 0 Å². The van der Waals surface area contributed by atoms with Gasteiger partial charge in [0.25, 0.3) is 18.3 Å². The number of nitrogens with zero attached hydrogens (tertiary/aromatic N) is 3. The van der Waals surface area contributed by atoms with E-state index in [0.29, 0.717) is 42.3 Å². The van der Waals surface area contributed by atoms with E-state index in [1.807, 2.05) is 30.3 Å². The molecule has 1 aliphatic heterocycles. The number of aromatic nitrogens is 3. The number of rotatable bonds is 4. The number of anilines is 1. The molecule has 0 fully saturated rings. The van der Waals surface area contributed by atoms with E-state index in [0.717, 1.165) is 5.56 Å². The molecule has 4 aromatic rings. The number of aryl methyl sites for hydroxylation is 1. The maximum absolute atomic E-state index is 13.8. The topological polar surface area (TPSA) is 199 Å². The smallest absolute Gasteiger partial charge is 0.290 e. The van der Waals surface area contributed by atoms with Gasteiger partial charge in [0.1, 0.15) is 29.1 Å². The molecule has 0 saturated heterocycles. The molecule has 262 valence electrons. The van der Waals surface area contributed by atoms with Crippen molar-refractivity contribution in [3.05, 3.63) is 101 Å². The Morgan fingerprint density at radius 1 is 0.980 bits per heavy atom. The molecule has 0 aliphatic carbocycles. The van der Waals surface area contributed by atoms with E-state index in [1.54, 1.807) is 36.1 Å². The number of carbonyl (C=O) groups excluding carboxylic acids is 4. The lowest BCUT2D eigenvalue weighted by molar-refractivity contribution is -0.123. The minimum Gasteiger partial charge on any atom is -0.483 e. The maximum atomic E-state index is 13.8. The Morgan fingerprint density at radius 3 is 2.44 bits per heavy atom. The van der Waals surface area contributed by atoms with E-state index in [2.05, 4.69) is 36.2 Å². The van der Waals surface area contributed by atoms with Crippen LogP contribution in [0.4, 0.5) is 10.1 Å². The number of H-pyrrole nitrogens is 1. The van der Waals surface area contributed by atoms with Crippen LogP contribution in [0.25, 0.3) is 11.4 Å². The average Bonchev–Trinajstić information content (AvgIpc) is 3.50. The van der Waals surface area contributed by atoms with E-state index in [9.17, 15) is 23.6 Å². The molecule has 1 atom stereocenters. The molecule has 5 rings (SSSR count). The summed E-state index contributed by atoms with van der Waals surface area (Å²) in [7, 11) is 0.